The van der Waals surface area contributed by atoms with Gasteiger partial charge in [0.1, 0.15) is 22.9 Å². The Morgan fingerprint density at radius 3 is 2.08 bits per heavy atom. The first-order valence-corrected chi connectivity index (χ1v) is 14.5. The smallest absolute Gasteiger partial charge is 0.302 e. The van der Waals surface area contributed by atoms with Crippen molar-refractivity contribution in [3.05, 3.63) is 42.5 Å². The zero-order valence-corrected chi connectivity index (χ0v) is 21.2. The van der Waals surface area contributed by atoms with E-state index in [1.54, 1.807) is 0 Å². The van der Waals surface area contributed by atoms with E-state index in [-0.39, 0.29) is 28.0 Å². The van der Waals surface area contributed by atoms with E-state index in [9.17, 15) is 44.3 Å². The van der Waals surface area contributed by atoms with Crippen LogP contribution in [-0.4, -0.2) is 57.8 Å². The van der Waals surface area contributed by atoms with Crippen LogP contribution in [0.2, 0.25) is 0 Å². The highest BCUT2D eigenvalue weighted by molar-refractivity contribution is 7.91. The topological polar surface area (TPSA) is 240 Å². The Morgan fingerprint density at radius 2 is 1.54 bits per heavy atom. The molecule has 0 saturated heterocycles. The molecular formula is C20H19N3O11S3. The third-order valence-electron chi connectivity index (χ3n) is 4.86. The number of phenolic OH excluding ortho intramolecular Hbond substituents is 1. The largest absolute Gasteiger partial charge is 0.507 e. The van der Waals surface area contributed by atoms with Gasteiger partial charge in [-0.3, -0.25) is 13.9 Å². The lowest BCUT2D eigenvalue weighted by atomic mass is 10.1. The number of carbonyl (C=O) groups excluding carboxylic acids is 1. The number of azo groups is 1. The van der Waals surface area contributed by atoms with Crippen molar-refractivity contribution < 1.29 is 49.0 Å². The van der Waals surface area contributed by atoms with Crippen molar-refractivity contribution in [2.45, 2.75) is 21.6 Å². The van der Waals surface area contributed by atoms with Gasteiger partial charge < -0.3 is 15.6 Å². The van der Waals surface area contributed by atoms with E-state index in [1.165, 1.54) is 24.3 Å². The number of nitrogens with two attached hydrogens (primary N) is 1. The van der Waals surface area contributed by atoms with E-state index in [0.717, 1.165) is 19.1 Å². The Kier molecular flexibility index (Phi) is 7.57. The number of nitrogens with zero attached hydrogens (tertiary/aromatic N) is 2. The van der Waals surface area contributed by atoms with Gasteiger partial charge in [0.2, 0.25) is 0 Å². The normalized spacial score (nSPS) is 12.7. The molecular weight excluding hydrogens is 554 g/mol. The maximum absolute atomic E-state index is 12.3. The first kappa shape index (κ1) is 27.9. The number of phenols is 1. The summed E-state index contributed by atoms with van der Waals surface area (Å²) in [4.78, 5) is 9.06. The van der Waals surface area contributed by atoms with Crippen LogP contribution in [0.25, 0.3) is 10.8 Å². The predicted octanol–water partition coefficient (Wildman–Crippen LogP) is 2.37. The van der Waals surface area contributed by atoms with Gasteiger partial charge in [-0.05, 0) is 41.8 Å². The predicted molar refractivity (Wildman–Crippen MR) is 129 cm³/mol. The Bertz CT molecular complexity index is 1750. The number of fused-ring (bicyclic) bond motifs is 1. The quantitative estimate of drug-likeness (QED) is 0.131. The van der Waals surface area contributed by atoms with Gasteiger partial charge >= 0.3 is 5.97 Å². The van der Waals surface area contributed by atoms with Gasteiger partial charge in [-0.2, -0.15) is 21.9 Å². The van der Waals surface area contributed by atoms with Crippen LogP contribution in [0.3, 0.4) is 0 Å². The van der Waals surface area contributed by atoms with Gasteiger partial charge in [0.15, 0.2) is 9.84 Å². The lowest BCUT2D eigenvalue weighted by Gasteiger charge is -2.12. The molecule has 0 radical (unpaired) electrons. The maximum Gasteiger partial charge on any atom is 0.302 e. The van der Waals surface area contributed by atoms with E-state index in [0.29, 0.717) is 6.07 Å². The fraction of sp³-hybridized carbons (Fsp3) is 0.150. The molecule has 0 fully saturated rings. The van der Waals surface area contributed by atoms with Crippen LogP contribution >= 0.6 is 0 Å². The molecule has 0 atom stereocenters. The van der Waals surface area contributed by atoms with Crippen molar-refractivity contribution >= 4 is 63.9 Å². The highest BCUT2D eigenvalue weighted by Gasteiger charge is 2.24. The Hall–Kier alpha value is -3.64. The molecule has 0 amide bonds. The van der Waals surface area contributed by atoms with Crippen LogP contribution < -0.4 is 5.73 Å². The third kappa shape index (κ3) is 6.38. The highest BCUT2D eigenvalue weighted by Crippen LogP contribution is 2.43. The number of nitrogen functional groups attached to an aromatic ring is 1. The second-order valence-electron chi connectivity index (χ2n) is 7.48. The minimum Gasteiger partial charge on any atom is -0.507 e. The molecule has 37 heavy (non-hydrogen) atoms. The molecule has 3 rings (SSSR count). The lowest BCUT2D eigenvalue weighted by Crippen LogP contribution is -2.14. The molecule has 17 heteroatoms. The molecule has 3 aromatic rings. The zero-order chi connectivity index (χ0) is 27.8. The Morgan fingerprint density at radius 1 is 0.919 bits per heavy atom. The summed E-state index contributed by atoms with van der Waals surface area (Å²) in [5.41, 5.74) is 4.94. The molecule has 0 bridgehead atoms. The van der Waals surface area contributed by atoms with Crippen LogP contribution in [0.4, 0.5) is 17.1 Å². The number of anilines is 1. The van der Waals surface area contributed by atoms with Crippen LogP contribution in [0, 0.1) is 0 Å². The van der Waals surface area contributed by atoms with E-state index < -0.39 is 68.7 Å². The molecule has 0 aromatic heterocycles. The Labute approximate surface area is 210 Å². The van der Waals surface area contributed by atoms with Gasteiger partial charge in [0.05, 0.1) is 26.9 Å². The molecule has 0 spiro atoms. The molecule has 14 nitrogen and oxygen atoms in total. The van der Waals surface area contributed by atoms with Crippen LogP contribution in [0.15, 0.2) is 67.4 Å². The van der Waals surface area contributed by atoms with Crippen LogP contribution in [0.5, 0.6) is 5.75 Å². The van der Waals surface area contributed by atoms with E-state index in [1.807, 2.05) is 0 Å². The molecule has 198 valence electrons. The van der Waals surface area contributed by atoms with Gasteiger partial charge in [-0.1, -0.05) is 0 Å². The van der Waals surface area contributed by atoms with Crippen molar-refractivity contribution in [1.82, 2.24) is 0 Å². The van der Waals surface area contributed by atoms with Crippen LogP contribution in [-0.2, 0) is 39.6 Å². The van der Waals surface area contributed by atoms with Crippen LogP contribution in [0.1, 0.15) is 6.92 Å². The number of aromatic hydroxyl groups is 1. The highest BCUT2D eigenvalue weighted by atomic mass is 32.2. The fourth-order valence-electron chi connectivity index (χ4n) is 3.18. The monoisotopic (exact) mass is 573 g/mol. The maximum atomic E-state index is 12.3. The number of ether oxygens (including phenoxy) is 1. The van der Waals surface area contributed by atoms with Crippen molar-refractivity contribution in [3.63, 3.8) is 0 Å². The van der Waals surface area contributed by atoms with Crippen molar-refractivity contribution in [3.8, 4) is 5.75 Å². The average Bonchev–Trinajstić information content (AvgIpc) is 2.76. The average molecular weight is 574 g/mol. The SMILES string of the molecule is CC(=O)OCCS(=O)(=O)c1ccc(N=Nc2c(S(=O)(=O)O)cc3cc(S(=O)(=O)O)cc(O)c3c2N)cc1. The van der Waals surface area contributed by atoms with E-state index in [2.05, 4.69) is 15.0 Å². The molecule has 0 aliphatic rings. The van der Waals surface area contributed by atoms with Gasteiger partial charge in [0, 0.05) is 18.4 Å². The fourth-order valence-corrected chi connectivity index (χ4v) is 5.48. The zero-order valence-electron chi connectivity index (χ0n) is 18.8. The summed E-state index contributed by atoms with van der Waals surface area (Å²) in [5, 5.41) is 17.3. The van der Waals surface area contributed by atoms with E-state index >= 15 is 0 Å². The first-order valence-electron chi connectivity index (χ1n) is 9.93. The molecule has 3 aromatic carbocycles. The summed E-state index contributed by atoms with van der Waals surface area (Å²) in [7, 11) is -13.6. The summed E-state index contributed by atoms with van der Waals surface area (Å²) in [6.45, 7) is 0.803. The number of hydrogen-bond acceptors (Lipinski definition) is 12. The third-order valence-corrected chi connectivity index (χ3v) is 8.25. The Balaban J connectivity index is 2.05. The number of esters is 1. The lowest BCUT2D eigenvalue weighted by molar-refractivity contribution is -0.140. The van der Waals surface area contributed by atoms with Crippen molar-refractivity contribution in [2.75, 3.05) is 18.1 Å². The minimum absolute atomic E-state index is 0.0469. The second-order valence-corrected chi connectivity index (χ2v) is 12.4. The molecule has 0 heterocycles. The summed E-state index contributed by atoms with van der Waals surface area (Å²) in [6.07, 6.45) is 0. The molecule has 0 aliphatic carbocycles. The standard InChI is InChI=1S/C20H19N3O11S3/c1-11(24)34-6-7-35(26,27)14-4-2-13(3-5-14)22-23-20-17(37(31,32)33)9-12-8-15(36(28,29)30)10-16(25)18(12)19(20)21/h2-5,8-10,25H,6-7,21H2,1H3,(H,28,29,30)(H,31,32,33). The summed E-state index contributed by atoms with van der Waals surface area (Å²) < 4.78 is 95.0. The number of sulfone groups is 1. The summed E-state index contributed by atoms with van der Waals surface area (Å²) in [5.74, 6) is -1.82. The van der Waals surface area contributed by atoms with Crippen molar-refractivity contribution in [2.24, 2.45) is 10.2 Å². The molecule has 0 aliphatic heterocycles. The number of benzene rings is 3. The van der Waals surface area contributed by atoms with Gasteiger partial charge in [-0.25, -0.2) is 8.42 Å². The molecule has 5 N–H and O–H groups in total. The number of rotatable bonds is 8. The molecule has 0 saturated carbocycles. The second kappa shape index (κ2) is 10.0. The minimum atomic E-state index is -5.00. The molecule has 0 unspecified atom stereocenters. The van der Waals surface area contributed by atoms with E-state index in [4.69, 9.17) is 5.73 Å². The first-order chi connectivity index (χ1) is 17.0. The number of hydrogen-bond donors (Lipinski definition) is 4. The van der Waals surface area contributed by atoms with Crippen molar-refractivity contribution in [1.29, 1.82) is 0 Å². The summed E-state index contributed by atoms with van der Waals surface area (Å²) >= 11 is 0. The summed E-state index contributed by atoms with van der Waals surface area (Å²) in [6, 6.07) is 7.15. The number of carbonyl (C=O) groups is 1. The van der Waals surface area contributed by atoms with Gasteiger partial charge in [-0.15, -0.1) is 5.11 Å². The van der Waals surface area contributed by atoms with Gasteiger partial charge in [0.25, 0.3) is 20.2 Å².